The minimum absolute atomic E-state index is 0.0201. The van der Waals surface area contributed by atoms with E-state index in [1.54, 1.807) is 62.2 Å². The van der Waals surface area contributed by atoms with Crippen LogP contribution < -0.4 is 10.6 Å². The molecule has 262 valence electrons. The van der Waals surface area contributed by atoms with Crippen LogP contribution in [0.25, 0.3) is 0 Å². The van der Waals surface area contributed by atoms with Crippen LogP contribution >= 0.6 is 0 Å². The number of hydrogen-bond acceptors (Lipinski definition) is 9. The molecule has 1 aromatic rings. The molecule has 1 aliphatic rings. The lowest BCUT2D eigenvalue weighted by Crippen LogP contribution is -2.53. The van der Waals surface area contributed by atoms with E-state index in [0.29, 0.717) is 57.7 Å². The zero-order valence-corrected chi connectivity index (χ0v) is 29.8. The number of nitrogens with zero attached hydrogens (tertiary/aromatic N) is 5. The number of amides is 4. The van der Waals surface area contributed by atoms with Crippen molar-refractivity contribution in [2.75, 3.05) is 32.7 Å². The van der Waals surface area contributed by atoms with Crippen LogP contribution in [0.5, 0.6) is 0 Å². The summed E-state index contributed by atoms with van der Waals surface area (Å²) in [4.78, 5) is 54.6. The van der Waals surface area contributed by atoms with Crippen LogP contribution in [0.1, 0.15) is 120 Å². The van der Waals surface area contributed by atoms with Crippen molar-refractivity contribution < 1.29 is 33.4 Å². The topological polar surface area (TPSA) is 157 Å². The summed E-state index contributed by atoms with van der Waals surface area (Å²) in [5.74, 6) is -0.118. The summed E-state index contributed by atoms with van der Waals surface area (Å²) in [5.41, 5.74) is -1.33. The fourth-order valence-electron chi connectivity index (χ4n) is 4.75. The second kappa shape index (κ2) is 16.3. The van der Waals surface area contributed by atoms with E-state index in [-0.39, 0.29) is 11.8 Å². The first kappa shape index (κ1) is 38.6. The number of nitrogens with one attached hydrogen (secondary N) is 2. The Labute approximate surface area is 274 Å². The summed E-state index contributed by atoms with van der Waals surface area (Å²) in [5, 5.41) is 14.4. The molecule has 0 saturated carbocycles. The first-order valence-corrected chi connectivity index (χ1v) is 16.3. The highest BCUT2D eigenvalue weighted by Gasteiger charge is 2.33. The Morgan fingerprint density at radius 1 is 0.826 bits per heavy atom. The molecule has 0 radical (unpaired) electrons. The van der Waals surface area contributed by atoms with E-state index >= 15 is 0 Å². The number of unbranched alkanes of at least 4 members (excludes halogenated alkanes) is 1. The average Bonchev–Trinajstić information content (AvgIpc) is 3.39. The van der Waals surface area contributed by atoms with E-state index in [1.807, 2.05) is 34.6 Å². The average molecular weight is 652 g/mol. The number of carbonyl (C=O) groups excluding carboxylic acids is 4. The molecule has 1 saturated heterocycles. The van der Waals surface area contributed by atoms with E-state index in [2.05, 4.69) is 20.9 Å². The number of piperazine rings is 1. The maximum atomic E-state index is 14.0. The van der Waals surface area contributed by atoms with Gasteiger partial charge in [-0.2, -0.15) is 0 Å². The molecule has 0 bridgehead atoms. The SMILES string of the molecule is CC[C@H](C)[C@H](NC(=O)OC(C)(C)C)c1cn(C(CCCCNC(=O)OC(C)(C)C)C(=O)N2CCN(C(=O)OC(C)(C)C)CC2)nn1. The molecule has 2 N–H and O–H groups in total. The monoisotopic (exact) mass is 651 g/mol. The molecular formula is C32H57N7O7. The third-order valence-corrected chi connectivity index (χ3v) is 7.15. The van der Waals surface area contributed by atoms with Gasteiger partial charge in [0.25, 0.3) is 0 Å². The summed E-state index contributed by atoms with van der Waals surface area (Å²) >= 11 is 0. The Balaban J connectivity index is 2.20. The molecule has 2 rings (SSSR count). The standard InChI is InChI=1S/C32H57N7O7/c1-12-22(2)25(34-28(42)45-31(6,7)8)23-21-39(36-35-23)24(15-13-14-16-33-27(41)44-30(3,4)5)26(40)37-17-19-38(20-18-37)29(43)46-32(9,10)11/h21-22,24-25H,12-20H2,1-11H3,(H,33,41)(H,34,42)/t22-,24?,25-/m0/s1. The Morgan fingerprint density at radius 3 is 1.91 bits per heavy atom. The summed E-state index contributed by atoms with van der Waals surface area (Å²) < 4.78 is 17.9. The zero-order chi connectivity index (χ0) is 34.9. The predicted octanol–water partition coefficient (Wildman–Crippen LogP) is 5.21. The van der Waals surface area contributed by atoms with Gasteiger partial charge < -0.3 is 34.6 Å². The fourth-order valence-corrected chi connectivity index (χ4v) is 4.75. The summed E-state index contributed by atoms with van der Waals surface area (Å²) in [7, 11) is 0. The van der Waals surface area contributed by atoms with Gasteiger partial charge in [0, 0.05) is 32.7 Å². The maximum Gasteiger partial charge on any atom is 0.410 e. The highest BCUT2D eigenvalue weighted by Crippen LogP contribution is 2.26. The van der Waals surface area contributed by atoms with Crippen molar-refractivity contribution in [2.24, 2.45) is 5.92 Å². The quantitative estimate of drug-likeness (QED) is 0.242. The number of hydrogen-bond donors (Lipinski definition) is 2. The van der Waals surface area contributed by atoms with Crippen LogP contribution in [-0.2, 0) is 19.0 Å². The van der Waals surface area contributed by atoms with Crippen LogP contribution in [-0.4, -0.2) is 98.5 Å². The second-order valence-electron chi connectivity index (χ2n) is 14.9. The number of alkyl carbamates (subject to hydrolysis) is 2. The largest absolute Gasteiger partial charge is 0.444 e. The molecule has 1 aliphatic heterocycles. The van der Waals surface area contributed by atoms with Crippen molar-refractivity contribution in [3.63, 3.8) is 0 Å². The Bertz CT molecular complexity index is 1160. The zero-order valence-electron chi connectivity index (χ0n) is 29.8. The summed E-state index contributed by atoms with van der Waals surface area (Å²) in [6, 6.07) is -1.14. The lowest BCUT2D eigenvalue weighted by atomic mass is 9.97. The van der Waals surface area contributed by atoms with Gasteiger partial charge in [0.2, 0.25) is 5.91 Å². The van der Waals surface area contributed by atoms with Crippen LogP contribution in [0.15, 0.2) is 6.20 Å². The molecule has 3 atom stereocenters. The van der Waals surface area contributed by atoms with Gasteiger partial charge in [0.1, 0.15) is 28.5 Å². The van der Waals surface area contributed by atoms with Crippen molar-refractivity contribution in [1.82, 2.24) is 35.4 Å². The Kier molecular flexibility index (Phi) is 13.7. The molecular weight excluding hydrogens is 594 g/mol. The summed E-state index contributed by atoms with van der Waals surface area (Å²) in [6.45, 7) is 22.1. The Morgan fingerprint density at radius 2 is 1.37 bits per heavy atom. The lowest BCUT2D eigenvalue weighted by molar-refractivity contribution is -0.137. The Hall–Kier alpha value is -3.58. The number of carbonyl (C=O) groups is 4. The molecule has 1 unspecified atom stereocenters. The fraction of sp³-hybridized carbons (Fsp3) is 0.812. The third kappa shape index (κ3) is 13.4. The number of ether oxygens (including phenoxy) is 3. The normalized spacial score (nSPS) is 16.2. The van der Waals surface area contributed by atoms with Gasteiger partial charge in [0.15, 0.2) is 0 Å². The van der Waals surface area contributed by atoms with Crippen LogP contribution in [0.4, 0.5) is 14.4 Å². The van der Waals surface area contributed by atoms with Crippen molar-refractivity contribution in [3.05, 3.63) is 11.9 Å². The van der Waals surface area contributed by atoms with Crippen LogP contribution in [0, 0.1) is 5.92 Å². The summed E-state index contributed by atoms with van der Waals surface area (Å²) in [6.07, 6.45) is 2.71. The molecule has 0 spiro atoms. The first-order chi connectivity index (χ1) is 21.2. The van der Waals surface area contributed by atoms with E-state index < -0.39 is 47.2 Å². The first-order valence-electron chi connectivity index (χ1n) is 16.3. The van der Waals surface area contributed by atoms with Crippen LogP contribution in [0.2, 0.25) is 0 Å². The van der Waals surface area contributed by atoms with Crippen molar-refractivity contribution in [1.29, 1.82) is 0 Å². The van der Waals surface area contributed by atoms with Gasteiger partial charge in [-0.1, -0.05) is 25.5 Å². The molecule has 14 heteroatoms. The number of rotatable bonds is 11. The second-order valence-corrected chi connectivity index (χ2v) is 14.9. The molecule has 1 aromatic heterocycles. The van der Waals surface area contributed by atoms with Gasteiger partial charge in [-0.3, -0.25) is 4.79 Å². The minimum Gasteiger partial charge on any atom is -0.444 e. The van der Waals surface area contributed by atoms with Gasteiger partial charge in [-0.25, -0.2) is 19.1 Å². The smallest absolute Gasteiger partial charge is 0.410 e. The van der Waals surface area contributed by atoms with Crippen molar-refractivity contribution in [3.8, 4) is 0 Å². The third-order valence-electron chi connectivity index (χ3n) is 7.15. The molecule has 0 aliphatic carbocycles. The lowest BCUT2D eigenvalue weighted by Gasteiger charge is -2.37. The molecule has 0 aromatic carbocycles. The minimum atomic E-state index is -0.671. The molecule has 14 nitrogen and oxygen atoms in total. The highest BCUT2D eigenvalue weighted by atomic mass is 16.6. The van der Waals surface area contributed by atoms with Gasteiger partial charge in [0.05, 0.1) is 12.2 Å². The van der Waals surface area contributed by atoms with E-state index in [0.717, 1.165) is 6.42 Å². The molecule has 46 heavy (non-hydrogen) atoms. The van der Waals surface area contributed by atoms with Crippen molar-refractivity contribution in [2.45, 2.75) is 131 Å². The van der Waals surface area contributed by atoms with E-state index in [9.17, 15) is 19.2 Å². The van der Waals surface area contributed by atoms with Gasteiger partial charge in [-0.15, -0.1) is 5.10 Å². The molecule has 2 heterocycles. The predicted molar refractivity (Wildman–Crippen MR) is 173 cm³/mol. The highest BCUT2D eigenvalue weighted by molar-refractivity contribution is 5.81. The number of aromatic nitrogens is 3. The van der Waals surface area contributed by atoms with Gasteiger partial charge >= 0.3 is 18.3 Å². The van der Waals surface area contributed by atoms with Crippen LogP contribution in [0.3, 0.4) is 0 Å². The van der Waals surface area contributed by atoms with Crippen molar-refractivity contribution >= 4 is 24.2 Å². The molecule has 4 amide bonds. The van der Waals surface area contributed by atoms with Gasteiger partial charge in [-0.05, 0) is 87.5 Å². The van der Waals surface area contributed by atoms with E-state index in [1.165, 1.54) is 0 Å². The maximum absolute atomic E-state index is 14.0. The molecule has 1 fully saturated rings. The van der Waals surface area contributed by atoms with E-state index in [4.69, 9.17) is 14.2 Å².